The summed E-state index contributed by atoms with van der Waals surface area (Å²) in [5, 5.41) is 11.3. The third-order valence-corrected chi connectivity index (χ3v) is 6.77. The molecule has 9 heteroatoms. The first-order valence-corrected chi connectivity index (χ1v) is 10.9. The minimum atomic E-state index is -0.250. The lowest BCUT2D eigenvalue weighted by atomic mass is 10.2. The Morgan fingerprint density at radius 1 is 1.25 bits per heavy atom. The van der Waals surface area contributed by atoms with Gasteiger partial charge in [0.2, 0.25) is 5.78 Å². The first kappa shape index (κ1) is 17.8. The van der Waals surface area contributed by atoms with Gasteiger partial charge in [0.1, 0.15) is 10.5 Å². The van der Waals surface area contributed by atoms with E-state index in [1.165, 1.54) is 35.2 Å². The van der Waals surface area contributed by atoms with Gasteiger partial charge in [0.05, 0.1) is 18.2 Å². The number of benzene rings is 1. The molecule has 0 radical (unpaired) electrons. The van der Waals surface area contributed by atoms with Crippen molar-refractivity contribution in [3.05, 3.63) is 57.4 Å². The smallest absolute Gasteiger partial charge is 0.272 e. The molecule has 1 aromatic carbocycles. The molecule has 1 saturated heterocycles. The summed E-state index contributed by atoms with van der Waals surface area (Å²) in [6.07, 6.45) is 2.00. The first-order chi connectivity index (χ1) is 13.7. The Hall–Kier alpha value is -2.23. The molecule has 3 aromatic heterocycles. The minimum absolute atomic E-state index is 0.0333. The molecule has 0 spiro atoms. The average Bonchev–Trinajstić information content (AvgIpc) is 3.44. The number of fused-ring (bicyclic) bond motifs is 3. The largest absolute Gasteiger partial charge is 0.376 e. The van der Waals surface area contributed by atoms with Gasteiger partial charge in [-0.2, -0.15) is 0 Å². The van der Waals surface area contributed by atoms with Crippen molar-refractivity contribution in [3.63, 3.8) is 0 Å². The lowest BCUT2D eigenvalue weighted by Crippen LogP contribution is -2.28. The Kier molecular flexibility index (Phi) is 4.65. The maximum Gasteiger partial charge on any atom is 0.272 e. The molecule has 0 unspecified atom stereocenters. The van der Waals surface area contributed by atoms with E-state index in [1.54, 1.807) is 16.7 Å². The summed E-state index contributed by atoms with van der Waals surface area (Å²) in [4.78, 5) is 13.0. The van der Waals surface area contributed by atoms with Gasteiger partial charge in [-0.1, -0.05) is 23.9 Å². The van der Waals surface area contributed by atoms with E-state index in [9.17, 15) is 9.18 Å². The van der Waals surface area contributed by atoms with E-state index < -0.39 is 0 Å². The molecule has 144 valence electrons. The fourth-order valence-electron chi connectivity index (χ4n) is 3.48. The van der Waals surface area contributed by atoms with E-state index in [0.717, 1.165) is 30.5 Å². The summed E-state index contributed by atoms with van der Waals surface area (Å²) in [6.45, 7) is 1.22. The zero-order valence-electron chi connectivity index (χ0n) is 14.9. The molecular formula is C19H17FN4O2S2. The second-order valence-corrected chi connectivity index (χ2v) is 8.58. The highest BCUT2D eigenvalue weighted by atomic mass is 32.2. The van der Waals surface area contributed by atoms with Crippen LogP contribution in [0.3, 0.4) is 0 Å². The highest BCUT2D eigenvalue weighted by molar-refractivity contribution is 7.98. The lowest BCUT2D eigenvalue weighted by Gasteiger charge is -2.13. The Balaban J connectivity index is 1.56. The summed E-state index contributed by atoms with van der Waals surface area (Å²) in [6, 6.07) is 8.36. The molecule has 0 aliphatic carbocycles. The summed E-state index contributed by atoms with van der Waals surface area (Å²) in [5.41, 5.74) is 1.77. The number of halogens is 1. The van der Waals surface area contributed by atoms with E-state index in [-0.39, 0.29) is 17.5 Å². The molecular weight excluding hydrogens is 399 g/mol. The van der Waals surface area contributed by atoms with Gasteiger partial charge in [0, 0.05) is 12.4 Å². The van der Waals surface area contributed by atoms with Gasteiger partial charge in [-0.25, -0.2) is 4.39 Å². The Morgan fingerprint density at radius 2 is 2.11 bits per heavy atom. The van der Waals surface area contributed by atoms with E-state index in [4.69, 9.17) is 4.74 Å². The molecule has 4 aromatic rings. The van der Waals surface area contributed by atoms with Crippen LogP contribution >= 0.6 is 23.1 Å². The molecule has 5 rings (SSSR count). The maximum atomic E-state index is 13.1. The number of thioether (sulfide) groups is 1. The van der Waals surface area contributed by atoms with Crippen LogP contribution in [-0.4, -0.2) is 31.9 Å². The standard InChI is InChI=1S/C19H17FN4O2S2/c20-13-5-3-12(4-6-13)11-28-19-22-21-18-23(10-14-2-1-8-26-14)17(25)16-15(24(18)19)7-9-27-16/h3-7,9,14H,1-2,8,10-11H2/t14-/m1/s1. The van der Waals surface area contributed by atoms with E-state index in [1.807, 2.05) is 15.8 Å². The van der Waals surface area contributed by atoms with Crippen LogP contribution < -0.4 is 5.56 Å². The van der Waals surface area contributed by atoms with Crippen molar-refractivity contribution in [3.8, 4) is 0 Å². The third kappa shape index (κ3) is 3.13. The highest BCUT2D eigenvalue weighted by Crippen LogP contribution is 2.27. The van der Waals surface area contributed by atoms with Crippen LogP contribution in [0, 0.1) is 5.82 Å². The van der Waals surface area contributed by atoms with Gasteiger partial charge in [-0.3, -0.25) is 13.8 Å². The van der Waals surface area contributed by atoms with Crippen LogP contribution in [0.4, 0.5) is 4.39 Å². The Bertz CT molecular complexity index is 1190. The van der Waals surface area contributed by atoms with Crippen molar-refractivity contribution in [1.82, 2.24) is 19.2 Å². The number of hydrogen-bond donors (Lipinski definition) is 0. The Labute approximate surface area is 168 Å². The van der Waals surface area contributed by atoms with Gasteiger partial charge in [0.15, 0.2) is 5.16 Å². The molecule has 0 amide bonds. The van der Waals surface area contributed by atoms with E-state index in [0.29, 0.717) is 27.9 Å². The summed E-state index contributed by atoms with van der Waals surface area (Å²) < 4.78 is 23.2. The molecule has 4 heterocycles. The van der Waals surface area contributed by atoms with Crippen LogP contribution in [0.2, 0.25) is 0 Å². The van der Waals surface area contributed by atoms with Crippen LogP contribution in [-0.2, 0) is 17.0 Å². The zero-order chi connectivity index (χ0) is 19.1. The van der Waals surface area contributed by atoms with Crippen LogP contribution in [0.15, 0.2) is 45.7 Å². The van der Waals surface area contributed by atoms with Crippen molar-refractivity contribution < 1.29 is 9.13 Å². The molecule has 1 atom stereocenters. The second kappa shape index (κ2) is 7.31. The molecule has 1 aliphatic rings. The number of nitrogens with zero attached hydrogens (tertiary/aromatic N) is 4. The number of aromatic nitrogens is 4. The van der Waals surface area contributed by atoms with Crippen LogP contribution in [0.1, 0.15) is 18.4 Å². The number of ether oxygens (including phenoxy) is 1. The van der Waals surface area contributed by atoms with Gasteiger partial charge in [0.25, 0.3) is 5.56 Å². The molecule has 0 bridgehead atoms. The molecule has 0 saturated carbocycles. The Morgan fingerprint density at radius 3 is 2.89 bits per heavy atom. The lowest BCUT2D eigenvalue weighted by molar-refractivity contribution is 0.0969. The maximum absolute atomic E-state index is 13.1. The highest BCUT2D eigenvalue weighted by Gasteiger charge is 2.22. The predicted octanol–water partition coefficient (Wildman–Crippen LogP) is 3.72. The first-order valence-electron chi connectivity index (χ1n) is 9.05. The zero-order valence-corrected chi connectivity index (χ0v) is 16.5. The quantitative estimate of drug-likeness (QED) is 0.464. The minimum Gasteiger partial charge on any atom is -0.376 e. The van der Waals surface area contributed by atoms with Gasteiger partial charge < -0.3 is 4.74 Å². The average molecular weight is 417 g/mol. The second-order valence-electron chi connectivity index (χ2n) is 6.72. The molecule has 0 N–H and O–H groups in total. The molecule has 6 nitrogen and oxygen atoms in total. The number of hydrogen-bond acceptors (Lipinski definition) is 6. The number of thiophene rings is 1. The van der Waals surface area contributed by atoms with Gasteiger partial charge in [-0.15, -0.1) is 21.5 Å². The SMILES string of the molecule is O=c1c2sccc2n2c(SCc3ccc(F)cc3)nnc2n1C[C@H]1CCCO1. The molecule has 28 heavy (non-hydrogen) atoms. The summed E-state index contributed by atoms with van der Waals surface area (Å²) in [5.74, 6) is 0.921. The third-order valence-electron chi connectivity index (χ3n) is 4.87. The monoisotopic (exact) mass is 416 g/mol. The van der Waals surface area contributed by atoms with Crippen molar-refractivity contribution in [2.24, 2.45) is 0 Å². The van der Waals surface area contributed by atoms with Crippen LogP contribution in [0.5, 0.6) is 0 Å². The van der Waals surface area contributed by atoms with Crippen molar-refractivity contribution in [2.45, 2.75) is 36.4 Å². The summed E-state index contributed by atoms with van der Waals surface area (Å²) in [7, 11) is 0. The normalized spacial score (nSPS) is 17.1. The van der Waals surface area contributed by atoms with Gasteiger partial charge in [-0.05, 0) is 42.0 Å². The van der Waals surface area contributed by atoms with E-state index >= 15 is 0 Å². The van der Waals surface area contributed by atoms with Crippen molar-refractivity contribution >= 4 is 39.1 Å². The molecule has 1 fully saturated rings. The fourth-order valence-corrected chi connectivity index (χ4v) is 5.20. The summed E-state index contributed by atoms with van der Waals surface area (Å²) >= 11 is 2.94. The predicted molar refractivity (Wildman–Crippen MR) is 108 cm³/mol. The van der Waals surface area contributed by atoms with Gasteiger partial charge >= 0.3 is 0 Å². The van der Waals surface area contributed by atoms with Crippen molar-refractivity contribution in [1.29, 1.82) is 0 Å². The molecule has 1 aliphatic heterocycles. The van der Waals surface area contributed by atoms with Crippen molar-refractivity contribution in [2.75, 3.05) is 6.61 Å². The topological polar surface area (TPSA) is 61.4 Å². The number of rotatable bonds is 5. The van der Waals surface area contributed by atoms with E-state index in [2.05, 4.69) is 10.2 Å². The fraction of sp³-hybridized carbons (Fsp3) is 0.316. The van der Waals surface area contributed by atoms with Crippen LogP contribution in [0.25, 0.3) is 16.0 Å².